The molecule has 0 aromatic heterocycles. The van der Waals surface area contributed by atoms with Crippen LogP contribution >= 0.6 is 31.9 Å². The van der Waals surface area contributed by atoms with E-state index in [2.05, 4.69) is 37.2 Å². The van der Waals surface area contributed by atoms with Gasteiger partial charge in [-0.05, 0) is 18.4 Å². The van der Waals surface area contributed by atoms with Gasteiger partial charge in [-0.1, -0.05) is 81.5 Å². The Kier molecular flexibility index (Phi) is 5.89. The standard InChI is InChI=1S/C15H19Br2NO/c16-13(11-7-3-1-4-8-11)14(17)15(19)18-12-9-5-2-6-10-12/h1,3-4,7-8,12-14H,2,5-6,9-10H2,(H,18,19)/t13-,14+/m0/s1. The van der Waals surface area contributed by atoms with E-state index in [0.29, 0.717) is 6.04 Å². The fourth-order valence-corrected chi connectivity index (χ4v) is 3.45. The van der Waals surface area contributed by atoms with Gasteiger partial charge in [0.05, 0.1) is 4.83 Å². The van der Waals surface area contributed by atoms with Gasteiger partial charge in [-0.3, -0.25) is 4.79 Å². The molecule has 0 unspecified atom stereocenters. The van der Waals surface area contributed by atoms with Crippen LogP contribution < -0.4 is 5.32 Å². The average molecular weight is 389 g/mol. The average Bonchev–Trinajstić information content (AvgIpc) is 2.47. The first-order valence-corrected chi connectivity index (χ1v) is 8.65. The second kappa shape index (κ2) is 7.44. The summed E-state index contributed by atoms with van der Waals surface area (Å²) < 4.78 is 0. The molecular weight excluding hydrogens is 370 g/mol. The van der Waals surface area contributed by atoms with Gasteiger partial charge in [-0.15, -0.1) is 0 Å². The topological polar surface area (TPSA) is 29.1 Å². The second-order valence-corrected chi connectivity index (χ2v) is 7.03. The lowest BCUT2D eigenvalue weighted by atomic mass is 9.95. The molecule has 2 nitrogen and oxygen atoms in total. The highest BCUT2D eigenvalue weighted by atomic mass is 79.9. The summed E-state index contributed by atoms with van der Waals surface area (Å²) >= 11 is 7.12. The van der Waals surface area contributed by atoms with E-state index in [0.717, 1.165) is 18.4 Å². The Morgan fingerprint density at radius 3 is 2.37 bits per heavy atom. The Balaban J connectivity index is 1.91. The summed E-state index contributed by atoms with van der Waals surface area (Å²) in [7, 11) is 0. The molecule has 2 atom stereocenters. The molecule has 1 N–H and O–H groups in total. The van der Waals surface area contributed by atoms with E-state index in [1.54, 1.807) is 0 Å². The minimum Gasteiger partial charge on any atom is -0.352 e. The lowest BCUT2D eigenvalue weighted by Crippen LogP contribution is -2.41. The minimum absolute atomic E-state index is 0.00251. The molecule has 1 aromatic carbocycles. The maximum absolute atomic E-state index is 12.2. The molecule has 1 amide bonds. The van der Waals surface area contributed by atoms with Crippen LogP contribution in [0.15, 0.2) is 30.3 Å². The fourth-order valence-electron chi connectivity index (χ4n) is 2.47. The number of carbonyl (C=O) groups is 1. The normalized spacial score (nSPS) is 19.7. The number of alkyl halides is 2. The van der Waals surface area contributed by atoms with Crippen LogP contribution in [0, 0.1) is 0 Å². The van der Waals surface area contributed by atoms with Crippen LogP contribution in [-0.2, 0) is 4.79 Å². The zero-order valence-electron chi connectivity index (χ0n) is 10.8. The number of nitrogens with one attached hydrogen (secondary N) is 1. The third-order valence-corrected chi connectivity index (χ3v) is 6.29. The van der Waals surface area contributed by atoms with E-state index in [4.69, 9.17) is 0 Å². The van der Waals surface area contributed by atoms with Gasteiger partial charge in [-0.25, -0.2) is 0 Å². The molecule has 0 radical (unpaired) electrons. The zero-order valence-corrected chi connectivity index (χ0v) is 14.0. The highest BCUT2D eigenvalue weighted by molar-refractivity contribution is 9.12. The van der Waals surface area contributed by atoms with Crippen molar-refractivity contribution in [2.24, 2.45) is 0 Å². The van der Waals surface area contributed by atoms with Crippen LogP contribution in [-0.4, -0.2) is 16.8 Å². The van der Waals surface area contributed by atoms with E-state index in [1.165, 1.54) is 19.3 Å². The molecule has 104 valence electrons. The quantitative estimate of drug-likeness (QED) is 0.764. The van der Waals surface area contributed by atoms with Gasteiger partial charge >= 0.3 is 0 Å². The SMILES string of the molecule is O=C(NC1CCCCC1)[C@H](Br)[C@@H](Br)c1ccccc1. The monoisotopic (exact) mass is 387 g/mol. The molecule has 0 bridgehead atoms. The van der Waals surface area contributed by atoms with Crippen LogP contribution in [0.25, 0.3) is 0 Å². The van der Waals surface area contributed by atoms with E-state index in [1.807, 2.05) is 30.3 Å². The first-order valence-electron chi connectivity index (χ1n) is 6.82. The smallest absolute Gasteiger partial charge is 0.235 e. The van der Waals surface area contributed by atoms with Gasteiger partial charge in [0.25, 0.3) is 0 Å². The summed E-state index contributed by atoms with van der Waals surface area (Å²) in [5, 5.41) is 3.15. The Morgan fingerprint density at radius 1 is 1.11 bits per heavy atom. The van der Waals surface area contributed by atoms with Gasteiger partial charge in [0.2, 0.25) is 5.91 Å². The molecule has 19 heavy (non-hydrogen) atoms. The lowest BCUT2D eigenvalue weighted by Gasteiger charge is -2.25. The maximum Gasteiger partial charge on any atom is 0.235 e. The van der Waals surface area contributed by atoms with Crippen LogP contribution in [0.1, 0.15) is 42.5 Å². The number of hydrogen-bond acceptors (Lipinski definition) is 1. The Morgan fingerprint density at radius 2 is 1.74 bits per heavy atom. The van der Waals surface area contributed by atoms with Gasteiger partial charge in [0, 0.05) is 6.04 Å². The summed E-state index contributed by atoms with van der Waals surface area (Å²) in [4.78, 5) is 12.0. The summed E-state index contributed by atoms with van der Waals surface area (Å²) in [5.41, 5.74) is 1.11. The number of amides is 1. The van der Waals surface area contributed by atoms with Crippen LogP contribution in [0.5, 0.6) is 0 Å². The van der Waals surface area contributed by atoms with Gasteiger partial charge < -0.3 is 5.32 Å². The molecule has 1 aromatic rings. The highest BCUT2D eigenvalue weighted by Gasteiger charge is 2.27. The van der Waals surface area contributed by atoms with Crippen LogP contribution in [0.2, 0.25) is 0 Å². The highest BCUT2D eigenvalue weighted by Crippen LogP contribution is 2.31. The first-order chi connectivity index (χ1) is 9.18. The number of rotatable bonds is 4. The lowest BCUT2D eigenvalue weighted by molar-refractivity contribution is -0.121. The van der Waals surface area contributed by atoms with Crippen LogP contribution in [0.4, 0.5) is 0 Å². The molecule has 1 saturated carbocycles. The van der Waals surface area contributed by atoms with Crippen molar-refractivity contribution in [1.29, 1.82) is 0 Å². The summed E-state index contributed by atoms with van der Waals surface area (Å²) in [5.74, 6) is 0.0811. The summed E-state index contributed by atoms with van der Waals surface area (Å²) in [6.07, 6.45) is 5.99. The molecule has 1 aliphatic rings. The molecular formula is C15H19Br2NO. The van der Waals surface area contributed by atoms with Crippen molar-refractivity contribution in [3.8, 4) is 0 Å². The van der Waals surface area contributed by atoms with Crippen molar-refractivity contribution in [3.05, 3.63) is 35.9 Å². The first kappa shape index (κ1) is 15.0. The molecule has 0 heterocycles. The molecule has 0 saturated heterocycles. The van der Waals surface area contributed by atoms with Crippen molar-refractivity contribution in [1.82, 2.24) is 5.32 Å². The minimum atomic E-state index is -0.239. The summed E-state index contributed by atoms with van der Waals surface area (Å²) in [6.45, 7) is 0. The molecule has 4 heteroatoms. The van der Waals surface area contributed by atoms with Gasteiger partial charge in [0.15, 0.2) is 0 Å². The van der Waals surface area contributed by atoms with E-state index >= 15 is 0 Å². The molecule has 0 aliphatic heterocycles. The predicted octanol–water partition coefficient (Wildman–Crippen LogP) is 4.34. The second-order valence-electron chi connectivity index (χ2n) is 5.06. The maximum atomic E-state index is 12.2. The molecule has 1 fully saturated rings. The fraction of sp³-hybridized carbons (Fsp3) is 0.533. The molecule has 1 aliphatic carbocycles. The Hall–Kier alpha value is -0.350. The predicted molar refractivity (Wildman–Crippen MR) is 85.8 cm³/mol. The van der Waals surface area contributed by atoms with Crippen molar-refractivity contribution < 1.29 is 4.79 Å². The van der Waals surface area contributed by atoms with E-state index in [9.17, 15) is 4.79 Å². The molecule has 0 spiro atoms. The van der Waals surface area contributed by atoms with Gasteiger partial charge in [-0.2, -0.15) is 0 Å². The third kappa shape index (κ3) is 4.32. The Labute approximate surface area is 131 Å². The van der Waals surface area contributed by atoms with Crippen molar-refractivity contribution in [2.75, 3.05) is 0 Å². The van der Waals surface area contributed by atoms with Crippen molar-refractivity contribution in [2.45, 2.75) is 47.8 Å². The Bertz CT molecular complexity index is 404. The van der Waals surface area contributed by atoms with Gasteiger partial charge in [0.1, 0.15) is 4.83 Å². The van der Waals surface area contributed by atoms with E-state index in [-0.39, 0.29) is 15.6 Å². The number of halogens is 2. The molecule has 2 rings (SSSR count). The largest absolute Gasteiger partial charge is 0.352 e. The summed E-state index contributed by atoms with van der Waals surface area (Å²) in [6, 6.07) is 10.4. The third-order valence-electron chi connectivity index (χ3n) is 3.58. The number of benzene rings is 1. The van der Waals surface area contributed by atoms with Crippen molar-refractivity contribution >= 4 is 37.8 Å². The van der Waals surface area contributed by atoms with Crippen LogP contribution in [0.3, 0.4) is 0 Å². The van der Waals surface area contributed by atoms with Crippen molar-refractivity contribution in [3.63, 3.8) is 0 Å². The van der Waals surface area contributed by atoms with E-state index < -0.39 is 0 Å². The number of carbonyl (C=O) groups excluding carboxylic acids is 1. The zero-order chi connectivity index (χ0) is 13.7. The number of hydrogen-bond donors (Lipinski definition) is 1.